The molecule has 4 rings (SSSR count). The smallest absolute Gasteiger partial charge is 0.231 e. The lowest BCUT2D eigenvalue weighted by Crippen LogP contribution is -2.60. The van der Waals surface area contributed by atoms with E-state index in [1.165, 1.54) is 44.5 Å². The third kappa shape index (κ3) is 1.49. The predicted octanol–water partition coefficient (Wildman–Crippen LogP) is 2.00. The fraction of sp³-hybridized carbons (Fsp3) is 0.800. The van der Waals surface area contributed by atoms with E-state index < -0.39 is 0 Å². The SMILES string of the molecule is O=C1[C@@H]2C[C@@H](CN3CCCC[C@H]23)C2=CCCCN12. The number of carbonyl (C=O) groups excluding carboxylic acids is 1. The van der Waals surface area contributed by atoms with Crippen molar-refractivity contribution in [2.24, 2.45) is 11.8 Å². The van der Waals surface area contributed by atoms with Crippen LogP contribution < -0.4 is 0 Å². The van der Waals surface area contributed by atoms with E-state index in [4.69, 9.17) is 0 Å². The van der Waals surface area contributed by atoms with Crippen LogP contribution in [-0.2, 0) is 4.79 Å². The number of carbonyl (C=O) groups is 1. The molecule has 0 aliphatic carbocycles. The standard InChI is InChI=1S/C15H22N2O/c18-15-12-9-11(13-5-2-4-8-17(13)15)10-16-7-3-1-6-14(12)16/h5,11-12,14H,1-4,6-10H2/t11-,12+,14+/m0/s1. The molecule has 3 saturated heterocycles. The van der Waals surface area contributed by atoms with Gasteiger partial charge in [-0.25, -0.2) is 0 Å². The first kappa shape index (κ1) is 11.0. The Kier molecular flexibility index (Phi) is 2.51. The molecule has 3 nitrogen and oxygen atoms in total. The Bertz CT molecular complexity index is 403. The van der Waals surface area contributed by atoms with Gasteiger partial charge >= 0.3 is 0 Å². The van der Waals surface area contributed by atoms with Crippen molar-refractivity contribution in [3.63, 3.8) is 0 Å². The minimum atomic E-state index is 0.305. The van der Waals surface area contributed by atoms with Crippen LogP contribution in [0.25, 0.3) is 0 Å². The van der Waals surface area contributed by atoms with E-state index in [2.05, 4.69) is 15.9 Å². The fourth-order valence-electron chi connectivity index (χ4n) is 4.56. The Balaban J connectivity index is 1.69. The zero-order valence-corrected chi connectivity index (χ0v) is 11.0. The van der Waals surface area contributed by atoms with Crippen molar-refractivity contribution >= 4 is 5.91 Å². The van der Waals surface area contributed by atoms with Crippen molar-refractivity contribution < 1.29 is 4.79 Å². The summed E-state index contributed by atoms with van der Waals surface area (Å²) in [6.45, 7) is 3.40. The molecule has 0 radical (unpaired) electrons. The first-order chi connectivity index (χ1) is 8.84. The molecule has 18 heavy (non-hydrogen) atoms. The monoisotopic (exact) mass is 246 g/mol. The van der Waals surface area contributed by atoms with E-state index in [1.54, 1.807) is 0 Å². The molecule has 4 heterocycles. The van der Waals surface area contributed by atoms with Crippen LogP contribution >= 0.6 is 0 Å². The van der Waals surface area contributed by atoms with Gasteiger partial charge in [-0.15, -0.1) is 0 Å². The van der Waals surface area contributed by atoms with Crippen LogP contribution in [0, 0.1) is 11.8 Å². The number of hydrogen-bond donors (Lipinski definition) is 0. The molecule has 3 fully saturated rings. The highest BCUT2D eigenvalue weighted by Crippen LogP contribution is 2.43. The van der Waals surface area contributed by atoms with E-state index in [0.717, 1.165) is 19.4 Å². The minimum absolute atomic E-state index is 0.305. The fourth-order valence-corrected chi connectivity index (χ4v) is 4.56. The predicted molar refractivity (Wildman–Crippen MR) is 69.8 cm³/mol. The van der Waals surface area contributed by atoms with Crippen molar-refractivity contribution in [3.05, 3.63) is 11.8 Å². The minimum Gasteiger partial charge on any atom is -0.316 e. The van der Waals surface area contributed by atoms with Crippen LogP contribution in [0.5, 0.6) is 0 Å². The van der Waals surface area contributed by atoms with Gasteiger partial charge in [0, 0.05) is 30.7 Å². The molecule has 0 N–H and O–H groups in total. The van der Waals surface area contributed by atoms with Gasteiger partial charge in [0.05, 0.1) is 5.92 Å². The van der Waals surface area contributed by atoms with Crippen molar-refractivity contribution in [1.82, 2.24) is 9.80 Å². The number of hydrogen-bond acceptors (Lipinski definition) is 2. The molecule has 0 aromatic heterocycles. The Labute approximate surface area is 109 Å². The molecule has 0 aromatic carbocycles. The Morgan fingerprint density at radius 3 is 3.06 bits per heavy atom. The first-order valence-electron chi connectivity index (χ1n) is 7.60. The third-order valence-corrected chi connectivity index (χ3v) is 5.37. The highest BCUT2D eigenvalue weighted by Gasteiger charge is 2.48. The largest absolute Gasteiger partial charge is 0.316 e. The van der Waals surface area contributed by atoms with Crippen LogP contribution in [0.2, 0.25) is 0 Å². The van der Waals surface area contributed by atoms with Gasteiger partial charge in [-0.3, -0.25) is 9.69 Å². The summed E-state index contributed by atoms with van der Waals surface area (Å²) in [6, 6.07) is 0.561. The zero-order valence-electron chi connectivity index (χ0n) is 11.0. The van der Waals surface area contributed by atoms with Gasteiger partial charge < -0.3 is 4.90 Å². The molecular formula is C15H22N2O. The summed E-state index contributed by atoms with van der Waals surface area (Å²) in [5.41, 5.74) is 1.37. The van der Waals surface area contributed by atoms with Gasteiger partial charge in [0.1, 0.15) is 0 Å². The van der Waals surface area contributed by atoms with Crippen molar-refractivity contribution in [1.29, 1.82) is 0 Å². The number of amides is 1. The lowest BCUT2D eigenvalue weighted by atomic mass is 9.73. The number of allylic oxidation sites excluding steroid dienone is 1. The molecule has 4 aliphatic heterocycles. The van der Waals surface area contributed by atoms with Crippen LogP contribution in [-0.4, -0.2) is 41.4 Å². The van der Waals surface area contributed by atoms with Gasteiger partial charge in [0.15, 0.2) is 0 Å². The number of nitrogens with zero attached hydrogens (tertiary/aromatic N) is 2. The van der Waals surface area contributed by atoms with Crippen molar-refractivity contribution in [2.75, 3.05) is 19.6 Å². The van der Waals surface area contributed by atoms with Crippen LogP contribution in [0.4, 0.5) is 0 Å². The second-order valence-electron chi connectivity index (χ2n) is 6.36. The van der Waals surface area contributed by atoms with Gasteiger partial charge in [-0.1, -0.05) is 12.5 Å². The Hall–Kier alpha value is -0.830. The normalized spacial score (nSPS) is 40.0. The quantitative estimate of drug-likeness (QED) is 0.652. The molecule has 1 amide bonds. The molecule has 2 bridgehead atoms. The second-order valence-corrected chi connectivity index (χ2v) is 6.36. The molecule has 3 heteroatoms. The Morgan fingerprint density at radius 2 is 2.11 bits per heavy atom. The lowest BCUT2D eigenvalue weighted by Gasteiger charge is -2.53. The van der Waals surface area contributed by atoms with Crippen LogP contribution in [0.1, 0.15) is 38.5 Å². The zero-order chi connectivity index (χ0) is 12.1. The summed E-state index contributed by atoms with van der Waals surface area (Å²) in [4.78, 5) is 17.4. The van der Waals surface area contributed by atoms with E-state index in [1.807, 2.05) is 0 Å². The summed E-state index contributed by atoms with van der Waals surface area (Å²) < 4.78 is 0. The van der Waals surface area contributed by atoms with Gasteiger partial charge in [-0.05, 0) is 38.6 Å². The second kappa shape index (κ2) is 4.09. The first-order valence-corrected chi connectivity index (χ1v) is 7.60. The third-order valence-electron chi connectivity index (χ3n) is 5.37. The molecule has 0 aromatic rings. The van der Waals surface area contributed by atoms with Gasteiger partial charge in [0.25, 0.3) is 0 Å². The average Bonchev–Trinajstić information content (AvgIpc) is 2.44. The summed E-state index contributed by atoms with van der Waals surface area (Å²) in [7, 11) is 0. The molecular weight excluding hydrogens is 224 g/mol. The number of piperidine rings is 3. The molecule has 3 atom stereocenters. The number of rotatable bonds is 0. The lowest BCUT2D eigenvalue weighted by molar-refractivity contribution is -0.145. The molecule has 4 aliphatic rings. The number of fused-ring (bicyclic) bond motifs is 6. The molecule has 0 saturated carbocycles. The van der Waals surface area contributed by atoms with E-state index in [-0.39, 0.29) is 0 Å². The van der Waals surface area contributed by atoms with Crippen molar-refractivity contribution in [3.8, 4) is 0 Å². The topological polar surface area (TPSA) is 23.6 Å². The average molecular weight is 246 g/mol. The summed E-state index contributed by atoms with van der Waals surface area (Å²) in [5, 5.41) is 0. The maximum absolute atomic E-state index is 12.7. The summed E-state index contributed by atoms with van der Waals surface area (Å²) in [5.74, 6) is 1.38. The van der Waals surface area contributed by atoms with E-state index >= 15 is 0 Å². The van der Waals surface area contributed by atoms with E-state index in [0.29, 0.717) is 23.8 Å². The summed E-state index contributed by atoms with van der Waals surface area (Å²) >= 11 is 0. The van der Waals surface area contributed by atoms with Crippen LogP contribution in [0.15, 0.2) is 11.8 Å². The maximum Gasteiger partial charge on any atom is 0.231 e. The Morgan fingerprint density at radius 1 is 1.17 bits per heavy atom. The summed E-state index contributed by atoms with van der Waals surface area (Å²) in [6.07, 6.45) is 9.68. The van der Waals surface area contributed by atoms with Crippen LogP contribution in [0.3, 0.4) is 0 Å². The van der Waals surface area contributed by atoms with Gasteiger partial charge in [0.2, 0.25) is 5.91 Å². The molecule has 98 valence electrons. The highest BCUT2D eigenvalue weighted by atomic mass is 16.2. The molecule has 0 unspecified atom stereocenters. The van der Waals surface area contributed by atoms with Gasteiger partial charge in [-0.2, -0.15) is 0 Å². The highest BCUT2D eigenvalue weighted by molar-refractivity contribution is 5.83. The van der Waals surface area contributed by atoms with E-state index in [9.17, 15) is 4.79 Å². The van der Waals surface area contributed by atoms with Crippen molar-refractivity contribution in [2.45, 2.75) is 44.6 Å². The molecule has 0 spiro atoms. The maximum atomic E-state index is 12.7.